The van der Waals surface area contributed by atoms with Crippen LogP contribution in [0.5, 0.6) is 0 Å². The Morgan fingerprint density at radius 3 is 2.45 bits per heavy atom. The van der Waals surface area contributed by atoms with E-state index in [0.29, 0.717) is 23.4 Å². The molecule has 3 aromatic rings. The SMILES string of the molecule is CCn1c(-c2ccccc2C)nc2cc(C(F)(F)F)ccc21. The highest BCUT2D eigenvalue weighted by Crippen LogP contribution is 2.33. The zero-order valence-corrected chi connectivity index (χ0v) is 12.3. The van der Waals surface area contributed by atoms with Crippen molar-refractivity contribution in [1.82, 2.24) is 9.55 Å². The first-order valence-electron chi connectivity index (χ1n) is 7.05. The van der Waals surface area contributed by atoms with Crippen molar-refractivity contribution < 1.29 is 13.2 Å². The molecule has 0 aliphatic rings. The molecule has 3 rings (SSSR count). The lowest BCUT2D eigenvalue weighted by atomic mass is 10.1. The van der Waals surface area contributed by atoms with Crippen LogP contribution in [0.25, 0.3) is 22.4 Å². The van der Waals surface area contributed by atoms with E-state index in [1.807, 2.05) is 42.7 Å². The highest BCUT2D eigenvalue weighted by atomic mass is 19.4. The summed E-state index contributed by atoms with van der Waals surface area (Å²) < 4.78 is 40.5. The number of benzene rings is 2. The van der Waals surface area contributed by atoms with Gasteiger partial charge in [0.25, 0.3) is 0 Å². The molecule has 1 heterocycles. The molecule has 0 aliphatic carbocycles. The van der Waals surface area contributed by atoms with Crippen molar-refractivity contribution in [2.45, 2.75) is 26.6 Å². The van der Waals surface area contributed by atoms with Crippen molar-refractivity contribution in [3.63, 3.8) is 0 Å². The molecule has 0 amide bonds. The van der Waals surface area contributed by atoms with Crippen LogP contribution in [0, 0.1) is 6.92 Å². The van der Waals surface area contributed by atoms with E-state index >= 15 is 0 Å². The summed E-state index contributed by atoms with van der Waals surface area (Å²) in [7, 11) is 0. The summed E-state index contributed by atoms with van der Waals surface area (Å²) in [5.74, 6) is 0.704. The van der Waals surface area contributed by atoms with Crippen LogP contribution in [0.4, 0.5) is 13.2 Å². The van der Waals surface area contributed by atoms with Crippen LogP contribution in [-0.4, -0.2) is 9.55 Å². The standard InChI is InChI=1S/C17H15F3N2/c1-3-22-15-9-8-12(17(18,19)20)10-14(15)21-16(22)13-7-5-4-6-11(13)2/h4-10H,3H2,1-2H3. The highest BCUT2D eigenvalue weighted by molar-refractivity contribution is 5.82. The molecule has 0 aliphatic heterocycles. The van der Waals surface area contributed by atoms with Crippen LogP contribution in [-0.2, 0) is 12.7 Å². The van der Waals surface area contributed by atoms with Gasteiger partial charge in [0.2, 0.25) is 0 Å². The molecule has 0 saturated carbocycles. The molecular weight excluding hydrogens is 289 g/mol. The molecule has 22 heavy (non-hydrogen) atoms. The second-order valence-corrected chi connectivity index (χ2v) is 5.20. The molecule has 5 heteroatoms. The molecule has 2 aromatic carbocycles. The summed E-state index contributed by atoms with van der Waals surface area (Å²) in [6.45, 7) is 4.57. The average molecular weight is 304 g/mol. The second kappa shape index (κ2) is 5.16. The summed E-state index contributed by atoms with van der Waals surface area (Å²) in [6.07, 6.45) is -4.35. The Labute approximate surface area is 126 Å². The third-order valence-corrected chi connectivity index (χ3v) is 3.78. The van der Waals surface area contributed by atoms with Crippen molar-refractivity contribution in [2.75, 3.05) is 0 Å². The summed E-state index contributed by atoms with van der Waals surface area (Å²) in [4.78, 5) is 4.45. The lowest BCUT2D eigenvalue weighted by Crippen LogP contribution is -2.04. The van der Waals surface area contributed by atoms with Crippen LogP contribution in [0.1, 0.15) is 18.1 Å². The summed E-state index contributed by atoms with van der Waals surface area (Å²) in [5.41, 5.74) is 2.40. The number of hydrogen-bond donors (Lipinski definition) is 0. The zero-order valence-electron chi connectivity index (χ0n) is 12.3. The number of aromatic nitrogens is 2. The van der Waals surface area contributed by atoms with Gasteiger partial charge in [0.05, 0.1) is 16.6 Å². The van der Waals surface area contributed by atoms with Crippen LogP contribution in [0.3, 0.4) is 0 Å². The number of aryl methyl sites for hydroxylation is 2. The van der Waals surface area contributed by atoms with Gasteiger partial charge in [-0.15, -0.1) is 0 Å². The predicted molar refractivity (Wildman–Crippen MR) is 80.6 cm³/mol. The fourth-order valence-electron chi connectivity index (χ4n) is 2.66. The van der Waals surface area contributed by atoms with Gasteiger partial charge < -0.3 is 4.57 Å². The number of alkyl halides is 3. The smallest absolute Gasteiger partial charge is 0.324 e. The van der Waals surface area contributed by atoms with Crippen molar-refractivity contribution in [3.8, 4) is 11.4 Å². The van der Waals surface area contributed by atoms with E-state index < -0.39 is 11.7 Å². The number of halogens is 3. The van der Waals surface area contributed by atoms with Crippen molar-refractivity contribution in [3.05, 3.63) is 53.6 Å². The van der Waals surface area contributed by atoms with Crippen molar-refractivity contribution in [1.29, 1.82) is 0 Å². The normalized spacial score (nSPS) is 12.0. The molecule has 0 bridgehead atoms. The van der Waals surface area contributed by atoms with Gasteiger partial charge in [-0.2, -0.15) is 13.2 Å². The molecule has 0 atom stereocenters. The molecule has 0 saturated heterocycles. The Bertz CT molecular complexity index is 832. The summed E-state index contributed by atoms with van der Waals surface area (Å²) in [5, 5.41) is 0. The van der Waals surface area contributed by atoms with E-state index in [9.17, 15) is 13.2 Å². The van der Waals surface area contributed by atoms with E-state index in [1.54, 1.807) is 0 Å². The lowest BCUT2D eigenvalue weighted by Gasteiger charge is -2.09. The Morgan fingerprint density at radius 1 is 1.09 bits per heavy atom. The van der Waals surface area contributed by atoms with E-state index in [1.165, 1.54) is 6.07 Å². The fourth-order valence-corrected chi connectivity index (χ4v) is 2.66. The molecule has 2 nitrogen and oxygen atoms in total. The molecule has 0 fully saturated rings. The van der Waals surface area contributed by atoms with Gasteiger partial charge in [-0.1, -0.05) is 24.3 Å². The quantitative estimate of drug-likeness (QED) is 0.648. The van der Waals surface area contributed by atoms with Crippen LogP contribution < -0.4 is 0 Å². The number of imidazole rings is 1. The Hall–Kier alpha value is -2.30. The number of nitrogens with zero attached hydrogens (tertiary/aromatic N) is 2. The van der Waals surface area contributed by atoms with E-state index in [0.717, 1.165) is 23.3 Å². The number of rotatable bonds is 2. The Balaban J connectivity index is 2.26. The first-order valence-corrected chi connectivity index (χ1v) is 7.05. The van der Waals surface area contributed by atoms with Crippen LogP contribution in [0.2, 0.25) is 0 Å². The van der Waals surface area contributed by atoms with Crippen LogP contribution in [0.15, 0.2) is 42.5 Å². The Morgan fingerprint density at radius 2 is 1.82 bits per heavy atom. The molecule has 114 valence electrons. The van der Waals surface area contributed by atoms with Gasteiger partial charge >= 0.3 is 6.18 Å². The van der Waals surface area contributed by atoms with Gasteiger partial charge in [-0.25, -0.2) is 4.98 Å². The van der Waals surface area contributed by atoms with Gasteiger partial charge in [0.15, 0.2) is 0 Å². The number of hydrogen-bond acceptors (Lipinski definition) is 1. The van der Waals surface area contributed by atoms with Crippen molar-refractivity contribution >= 4 is 11.0 Å². The van der Waals surface area contributed by atoms with E-state index in [2.05, 4.69) is 4.98 Å². The minimum atomic E-state index is -4.35. The maximum absolute atomic E-state index is 12.9. The molecule has 1 aromatic heterocycles. The van der Waals surface area contributed by atoms with Crippen LogP contribution >= 0.6 is 0 Å². The Kier molecular flexibility index (Phi) is 3.43. The lowest BCUT2D eigenvalue weighted by molar-refractivity contribution is -0.137. The predicted octanol–water partition coefficient (Wildman–Crippen LogP) is 5.05. The van der Waals surface area contributed by atoms with Crippen molar-refractivity contribution in [2.24, 2.45) is 0 Å². The largest absolute Gasteiger partial charge is 0.416 e. The zero-order chi connectivity index (χ0) is 15.9. The highest BCUT2D eigenvalue weighted by Gasteiger charge is 2.31. The van der Waals surface area contributed by atoms with E-state index in [-0.39, 0.29) is 0 Å². The number of fused-ring (bicyclic) bond motifs is 1. The summed E-state index contributed by atoms with van der Waals surface area (Å²) in [6, 6.07) is 11.5. The van der Waals surface area contributed by atoms with E-state index in [4.69, 9.17) is 0 Å². The van der Waals surface area contributed by atoms with Gasteiger partial charge in [0.1, 0.15) is 5.82 Å². The second-order valence-electron chi connectivity index (χ2n) is 5.20. The molecule has 0 unspecified atom stereocenters. The van der Waals surface area contributed by atoms with Gasteiger partial charge in [-0.3, -0.25) is 0 Å². The molecule has 0 N–H and O–H groups in total. The maximum Gasteiger partial charge on any atom is 0.416 e. The monoisotopic (exact) mass is 304 g/mol. The maximum atomic E-state index is 12.9. The van der Waals surface area contributed by atoms with Gasteiger partial charge in [-0.05, 0) is 37.6 Å². The molecule has 0 radical (unpaired) electrons. The fraction of sp³-hybridized carbons (Fsp3) is 0.235. The minimum Gasteiger partial charge on any atom is -0.324 e. The average Bonchev–Trinajstić information content (AvgIpc) is 2.84. The third kappa shape index (κ3) is 2.36. The third-order valence-electron chi connectivity index (χ3n) is 3.78. The first-order chi connectivity index (χ1) is 10.4. The first kappa shape index (κ1) is 14.6. The topological polar surface area (TPSA) is 17.8 Å². The molecular formula is C17H15F3N2. The summed E-state index contributed by atoms with van der Waals surface area (Å²) >= 11 is 0. The minimum absolute atomic E-state index is 0.370. The molecule has 0 spiro atoms. The van der Waals surface area contributed by atoms with Gasteiger partial charge in [0, 0.05) is 12.1 Å².